The van der Waals surface area contributed by atoms with E-state index in [-0.39, 0.29) is 18.0 Å². The van der Waals surface area contributed by atoms with E-state index in [1.165, 1.54) is 0 Å². The summed E-state index contributed by atoms with van der Waals surface area (Å²) in [6, 6.07) is 18.5. The Hall–Kier alpha value is -3.54. The maximum absolute atomic E-state index is 13.5. The lowest BCUT2D eigenvalue weighted by molar-refractivity contribution is -0.163. The average Bonchev–Trinajstić information content (AvgIpc) is 3.30. The van der Waals surface area contributed by atoms with Crippen LogP contribution < -0.4 is 0 Å². The molecule has 0 spiro atoms. The lowest BCUT2D eigenvalue weighted by atomic mass is 9.67. The molecule has 0 bridgehead atoms. The summed E-state index contributed by atoms with van der Waals surface area (Å²) in [4.78, 5) is 43.7. The van der Waals surface area contributed by atoms with Crippen LogP contribution in [-0.4, -0.2) is 33.2 Å². The van der Waals surface area contributed by atoms with Crippen molar-refractivity contribution in [1.82, 2.24) is 9.55 Å². The highest BCUT2D eigenvalue weighted by atomic mass is 16.6. The molecule has 0 saturated heterocycles. The molecule has 3 rings (SSSR count). The molecule has 0 unspecified atom stereocenters. The van der Waals surface area contributed by atoms with Gasteiger partial charge in [0.2, 0.25) is 0 Å². The Balaban J connectivity index is 2.04. The van der Waals surface area contributed by atoms with Gasteiger partial charge in [-0.25, -0.2) is 4.98 Å². The average molecular weight is 447 g/mol. The normalized spacial score (nSPS) is 14.2. The first kappa shape index (κ1) is 24.1. The zero-order chi connectivity index (χ0) is 24.1. The van der Waals surface area contributed by atoms with Crippen LogP contribution in [0.5, 0.6) is 0 Å². The van der Waals surface area contributed by atoms with E-state index >= 15 is 0 Å². The first-order valence-corrected chi connectivity index (χ1v) is 11.1. The number of rotatable bonds is 9. The zero-order valence-corrected chi connectivity index (χ0v) is 19.5. The number of carbonyl (C=O) groups excluding carboxylic acids is 3. The molecule has 0 aliphatic heterocycles. The summed E-state index contributed by atoms with van der Waals surface area (Å²) in [5.41, 5.74) is -0.506. The lowest BCUT2D eigenvalue weighted by Crippen LogP contribution is -2.45. The second kappa shape index (κ2) is 9.94. The predicted molar refractivity (Wildman–Crippen MR) is 126 cm³/mol. The van der Waals surface area contributed by atoms with Crippen LogP contribution in [0.15, 0.2) is 73.1 Å². The summed E-state index contributed by atoms with van der Waals surface area (Å²) in [7, 11) is 0. The summed E-state index contributed by atoms with van der Waals surface area (Å²) in [6.45, 7) is 7.14. The molecule has 6 nitrogen and oxygen atoms in total. The standard InChI is InChI=1S/C27H30N2O4/c1-5-27(19-30,20-12-8-6-9-13-20)22(25(32)33-26(2,3)4)18-23(31)24-28-16-17-29(24)21-14-10-7-11-15-21/h6-17,19,22H,5,18H2,1-4H3/t22-,27+/m0/s1. The highest BCUT2D eigenvalue weighted by Crippen LogP contribution is 2.38. The van der Waals surface area contributed by atoms with Crippen LogP contribution in [-0.2, 0) is 19.7 Å². The van der Waals surface area contributed by atoms with E-state index in [2.05, 4.69) is 4.98 Å². The number of ketones is 1. The Morgan fingerprint density at radius 1 is 1.03 bits per heavy atom. The number of esters is 1. The number of Topliss-reactive ketones (excluding diaryl/α,β-unsaturated/α-hetero) is 1. The molecule has 172 valence electrons. The molecule has 2 aromatic carbocycles. The van der Waals surface area contributed by atoms with Crippen molar-refractivity contribution in [3.05, 3.63) is 84.4 Å². The number of ether oxygens (including phenoxy) is 1. The Morgan fingerprint density at radius 2 is 1.64 bits per heavy atom. The molecule has 33 heavy (non-hydrogen) atoms. The topological polar surface area (TPSA) is 78.3 Å². The van der Waals surface area contributed by atoms with Gasteiger partial charge in [-0.05, 0) is 44.9 Å². The number of para-hydroxylation sites is 1. The minimum atomic E-state index is -1.20. The third kappa shape index (κ3) is 5.28. The van der Waals surface area contributed by atoms with Gasteiger partial charge in [0.15, 0.2) is 11.6 Å². The fourth-order valence-electron chi connectivity index (χ4n) is 4.07. The molecule has 0 saturated carbocycles. The maximum Gasteiger partial charge on any atom is 0.311 e. The van der Waals surface area contributed by atoms with E-state index in [9.17, 15) is 14.4 Å². The molecule has 0 fully saturated rings. The Bertz CT molecular complexity index is 1100. The third-order valence-electron chi connectivity index (χ3n) is 5.73. The van der Waals surface area contributed by atoms with Crippen LogP contribution in [0.2, 0.25) is 0 Å². The van der Waals surface area contributed by atoms with Crippen molar-refractivity contribution in [2.75, 3.05) is 0 Å². The third-order valence-corrected chi connectivity index (χ3v) is 5.73. The molecule has 1 heterocycles. The number of carbonyl (C=O) groups is 3. The molecule has 0 N–H and O–H groups in total. The van der Waals surface area contributed by atoms with Gasteiger partial charge in [0.1, 0.15) is 11.9 Å². The zero-order valence-electron chi connectivity index (χ0n) is 19.5. The van der Waals surface area contributed by atoms with Crippen LogP contribution >= 0.6 is 0 Å². The van der Waals surface area contributed by atoms with Gasteiger partial charge in [0.25, 0.3) is 0 Å². The van der Waals surface area contributed by atoms with E-state index in [0.717, 1.165) is 12.0 Å². The summed E-state index contributed by atoms with van der Waals surface area (Å²) < 4.78 is 7.37. The van der Waals surface area contributed by atoms with E-state index < -0.39 is 22.9 Å². The number of hydrogen-bond acceptors (Lipinski definition) is 5. The van der Waals surface area contributed by atoms with Crippen molar-refractivity contribution < 1.29 is 19.1 Å². The number of aldehydes is 1. The Kier molecular flexibility index (Phi) is 7.26. The maximum atomic E-state index is 13.5. The molecule has 3 aromatic rings. The van der Waals surface area contributed by atoms with Crippen molar-refractivity contribution in [1.29, 1.82) is 0 Å². The first-order chi connectivity index (χ1) is 15.7. The quantitative estimate of drug-likeness (QED) is 0.264. The second-order valence-corrected chi connectivity index (χ2v) is 9.05. The fraction of sp³-hybridized carbons (Fsp3) is 0.333. The molecule has 0 radical (unpaired) electrons. The summed E-state index contributed by atoms with van der Waals surface area (Å²) in [6.07, 6.45) is 4.17. The fourth-order valence-corrected chi connectivity index (χ4v) is 4.07. The van der Waals surface area contributed by atoms with Gasteiger partial charge in [-0.15, -0.1) is 0 Å². The number of imidazole rings is 1. The van der Waals surface area contributed by atoms with Gasteiger partial charge in [0.05, 0.1) is 11.3 Å². The monoisotopic (exact) mass is 446 g/mol. The van der Waals surface area contributed by atoms with Gasteiger partial charge in [-0.3, -0.25) is 14.2 Å². The predicted octanol–water partition coefficient (Wildman–Crippen LogP) is 4.95. The SMILES string of the molecule is CC[C@@](C=O)(c1ccccc1)[C@@H](CC(=O)c1nccn1-c1ccccc1)C(=O)OC(C)(C)C. The Morgan fingerprint density at radius 3 is 2.18 bits per heavy atom. The van der Waals surface area contributed by atoms with E-state index in [1.54, 1.807) is 37.7 Å². The van der Waals surface area contributed by atoms with Crippen LogP contribution in [0.1, 0.15) is 56.7 Å². The van der Waals surface area contributed by atoms with Crippen molar-refractivity contribution in [3.8, 4) is 5.69 Å². The number of nitrogens with zero attached hydrogens (tertiary/aromatic N) is 2. The first-order valence-electron chi connectivity index (χ1n) is 11.1. The van der Waals surface area contributed by atoms with Crippen molar-refractivity contribution >= 4 is 18.0 Å². The molecule has 2 atom stereocenters. The van der Waals surface area contributed by atoms with Crippen LogP contribution in [0.25, 0.3) is 5.69 Å². The van der Waals surface area contributed by atoms with Crippen molar-refractivity contribution in [3.63, 3.8) is 0 Å². The van der Waals surface area contributed by atoms with Gasteiger partial charge in [0, 0.05) is 24.5 Å². The van der Waals surface area contributed by atoms with E-state index in [4.69, 9.17) is 4.74 Å². The number of hydrogen-bond donors (Lipinski definition) is 0. The second-order valence-electron chi connectivity index (χ2n) is 9.05. The van der Waals surface area contributed by atoms with Gasteiger partial charge in [-0.1, -0.05) is 55.5 Å². The number of aromatic nitrogens is 2. The highest BCUT2D eigenvalue weighted by Gasteiger charge is 2.46. The lowest BCUT2D eigenvalue weighted by Gasteiger charge is -2.36. The van der Waals surface area contributed by atoms with Gasteiger partial charge < -0.3 is 9.53 Å². The van der Waals surface area contributed by atoms with E-state index in [0.29, 0.717) is 12.0 Å². The summed E-state index contributed by atoms with van der Waals surface area (Å²) in [5, 5.41) is 0. The Labute approximate surface area is 194 Å². The molecule has 0 aliphatic carbocycles. The molecule has 6 heteroatoms. The van der Waals surface area contributed by atoms with Crippen molar-refractivity contribution in [2.45, 2.75) is 51.6 Å². The molecular formula is C27H30N2O4. The van der Waals surface area contributed by atoms with Gasteiger partial charge >= 0.3 is 5.97 Å². The highest BCUT2D eigenvalue weighted by molar-refractivity contribution is 5.97. The van der Waals surface area contributed by atoms with Gasteiger partial charge in [-0.2, -0.15) is 0 Å². The molecule has 0 aliphatic rings. The largest absolute Gasteiger partial charge is 0.460 e. The van der Waals surface area contributed by atoms with Crippen LogP contribution in [0, 0.1) is 5.92 Å². The summed E-state index contributed by atoms with van der Waals surface area (Å²) >= 11 is 0. The van der Waals surface area contributed by atoms with E-state index in [1.807, 2.05) is 67.6 Å². The minimum Gasteiger partial charge on any atom is -0.460 e. The van der Waals surface area contributed by atoms with Crippen LogP contribution in [0.3, 0.4) is 0 Å². The van der Waals surface area contributed by atoms with Crippen molar-refractivity contribution in [2.24, 2.45) is 5.92 Å². The molecular weight excluding hydrogens is 416 g/mol. The summed E-state index contributed by atoms with van der Waals surface area (Å²) in [5.74, 6) is -1.71. The minimum absolute atomic E-state index is 0.207. The molecule has 1 aromatic heterocycles. The number of benzene rings is 2. The van der Waals surface area contributed by atoms with Crippen LogP contribution in [0.4, 0.5) is 0 Å². The smallest absolute Gasteiger partial charge is 0.311 e. The molecule has 0 amide bonds.